The Balaban J connectivity index is 1.04. The highest BCUT2D eigenvalue weighted by Gasteiger charge is 2.19. The molecule has 0 saturated heterocycles. The number of pyridine rings is 1. The second-order valence-corrected chi connectivity index (χ2v) is 13.4. The molecule has 0 radical (unpaired) electrons. The standard InChI is InChI=1S/C48H28N4O2/c1-2-12-30(13-3-1)46-50-47(31-26-24-29(25-27-31)34-19-11-20-36-35-16-5-8-22-40(35)53-44(34)36)52-48(51-46)33-15-10-14-32(28-33)43-45-42(37-17-4-7-21-39(37)49-43)38-18-6-9-23-41(38)54-45/h1-28H. The zero-order valence-corrected chi connectivity index (χ0v) is 28.8. The first-order valence-corrected chi connectivity index (χ1v) is 17.9. The predicted octanol–water partition coefficient (Wildman–Crippen LogP) is 12.6. The number of aromatic nitrogens is 4. The van der Waals surface area contributed by atoms with E-state index in [9.17, 15) is 0 Å². The SMILES string of the molecule is c1ccc(-c2nc(-c3ccc(-c4cccc5c4oc4ccccc45)cc3)nc(-c3cccc(-c4nc5ccccc5c5c4oc4ccccc45)c3)n2)cc1. The lowest BCUT2D eigenvalue weighted by molar-refractivity contribution is 0.668. The average Bonchev–Trinajstić information content (AvgIpc) is 3.83. The Morgan fingerprint density at radius 3 is 1.67 bits per heavy atom. The van der Waals surface area contributed by atoms with Gasteiger partial charge in [0.15, 0.2) is 23.1 Å². The first-order chi connectivity index (χ1) is 26.7. The van der Waals surface area contributed by atoms with Crippen molar-refractivity contribution < 1.29 is 8.83 Å². The molecule has 7 aromatic carbocycles. The zero-order chi connectivity index (χ0) is 35.6. The minimum absolute atomic E-state index is 0.568. The Hall–Kier alpha value is -7.44. The van der Waals surface area contributed by atoms with Crippen molar-refractivity contribution >= 4 is 54.8 Å². The summed E-state index contributed by atoms with van der Waals surface area (Å²) in [7, 11) is 0. The molecule has 6 heteroatoms. The largest absolute Gasteiger partial charge is 0.455 e. The van der Waals surface area contributed by atoms with E-state index in [1.54, 1.807) is 0 Å². The Morgan fingerprint density at radius 1 is 0.333 bits per heavy atom. The van der Waals surface area contributed by atoms with Crippen LogP contribution in [0.5, 0.6) is 0 Å². The first-order valence-electron chi connectivity index (χ1n) is 17.9. The van der Waals surface area contributed by atoms with Gasteiger partial charge in [0.1, 0.15) is 22.4 Å². The highest BCUT2D eigenvalue weighted by Crippen LogP contribution is 2.40. The molecule has 0 aliphatic carbocycles. The van der Waals surface area contributed by atoms with Crippen molar-refractivity contribution in [2.24, 2.45) is 0 Å². The predicted molar refractivity (Wildman–Crippen MR) is 217 cm³/mol. The van der Waals surface area contributed by atoms with Crippen LogP contribution in [0.2, 0.25) is 0 Å². The van der Waals surface area contributed by atoms with E-state index in [0.717, 1.165) is 93.9 Å². The third kappa shape index (κ3) is 4.89. The lowest BCUT2D eigenvalue weighted by Crippen LogP contribution is -2.00. The van der Waals surface area contributed by atoms with E-state index in [-0.39, 0.29) is 0 Å². The topological polar surface area (TPSA) is 77.8 Å². The fourth-order valence-electron chi connectivity index (χ4n) is 7.56. The van der Waals surface area contributed by atoms with Crippen LogP contribution in [0, 0.1) is 0 Å². The number of para-hydroxylation sites is 4. The van der Waals surface area contributed by atoms with Gasteiger partial charge in [0.05, 0.1) is 5.52 Å². The normalized spacial score (nSPS) is 11.7. The molecule has 0 fully saturated rings. The third-order valence-corrected chi connectivity index (χ3v) is 10.1. The summed E-state index contributed by atoms with van der Waals surface area (Å²) in [6.07, 6.45) is 0. The van der Waals surface area contributed by atoms with Gasteiger partial charge in [0.25, 0.3) is 0 Å². The van der Waals surface area contributed by atoms with Gasteiger partial charge in [-0.2, -0.15) is 0 Å². The quantitative estimate of drug-likeness (QED) is 0.179. The van der Waals surface area contributed by atoms with Crippen LogP contribution >= 0.6 is 0 Å². The summed E-state index contributed by atoms with van der Waals surface area (Å²) in [5, 5.41) is 5.40. The van der Waals surface area contributed by atoms with Gasteiger partial charge in [-0.3, -0.25) is 0 Å². The minimum Gasteiger partial charge on any atom is -0.455 e. The van der Waals surface area contributed by atoms with Gasteiger partial charge >= 0.3 is 0 Å². The molecule has 0 unspecified atom stereocenters. The fraction of sp³-hybridized carbons (Fsp3) is 0. The molecular weight excluding hydrogens is 665 g/mol. The highest BCUT2D eigenvalue weighted by atomic mass is 16.3. The fourth-order valence-corrected chi connectivity index (χ4v) is 7.56. The zero-order valence-electron chi connectivity index (χ0n) is 28.8. The summed E-state index contributed by atoms with van der Waals surface area (Å²) in [5.74, 6) is 1.75. The number of benzene rings is 7. The summed E-state index contributed by atoms with van der Waals surface area (Å²) < 4.78 is 12.9. The van der Waals surface area contributed by atoms with E-state index in [0.29, 0.717) is 17.5 Å². The number of fused-ring (bicyclic) bond motifs is 8. The van der Waals surface area contributed by atoms with E-state index >= 15 is 0 Å². The van der Waals surface area contributed by atoms with E-state index in [4.69, 9.17) is 28.8 Å². The van der Waals surface area contributed by atoms with Crippen LogP contribution in [-0.2, 0) is 0 Å². The molecule has 11 aromatic rings. The monoisotopic (exact) mass is 692 g/mol. The molecule has 0 N–H and O–H groups in total. The Bertz CT molecular complexity index is 3220. The number of nitrogens with zero attached hydrogens (tertiary/aromatic N) is 4. The molecule has 0 saturated carbocycles. The molecule has 0 aliphatic heterocycles. The van der Waals surface area contributed by atoms with Crippen molar-refractivity contribution in [1.82, 2.24) is 19.9 Å². The minimum atomic E-state index is 0.568. The molecule has 54 heavy (non-hydrogen) atoms. The molecule has 6 nitrogen and oxygen atoms in total. The van der Waals surface area contributed by atoms with Crippen molar-refractivity contribution in [2.75, 3.05) is 0 Å². The van der Waals surface area contributed by atoms with Crippen LogP contribution < -0.4 is 0 Å². The van der Waals surface area contributed by atoms with E-state index in [2.05, 4.69) is 78.9 Å². The Morgan fingerprint density at radius 2 is 0.870 bits per heavy atom. The van der Waals surface area contributed by atoms with Gasteiger partial charge in [-0.15, -0.1) is 0 Å². The Labute approximate surface area is 309 Å². The Kier molecular flexibility index (Phi) is 6.75. The third-order valence-electron chi connectivity index (χ3n) is 10.1. The smallest absolute Gasteiger partial charge is 0.164 e. The number of rotatable bonds is 5. The summed E-state index contributed by atoms with van der Waals surface area (Å²) >= 11 is 0. The molecule has 4 aromatic heterocycles. The molecule has 0 aliphatic rings. The molecule has 4 heterocycles. The van der Waals surface area contributed by atoms with Crippen LogP contribution in [0.4, 0.5) is 0 Å². The second kappa shape index (κ2) is 12.1. The van der Waals surface area contributed by atoms with Crippen molar-refractivity contribution in [2.45, 2.75) is 0 Å². The molecule has 252 valence electrons. The molecular formula is C48H28N4O2. The molecule has 0 bridgehead atoms. The first kappa shape index (κ1) is 30.2. The lowest BCUT2D eigenvalue weighted by atomic mass is 10.0. The van der Waals surface area contributed by atoms with Gasteiger partial charge in [0, 0.05) is 54.7 Å². The van der Waals surface area contributed by atoms with Crippen LogP contribution in [0.3, 0.4) is 0 Å². The second-order valence-electron chi connectivity index (χ2n) is 13.4. The van der Waals surface area contributed by atoms with Crippen molar-refractivity contribution in [3.8, 4) is 56.5 Å². The number of hydrogen-bond donors (Lipinski definition) is 0. The molecule has 0 spiro atoms. The van der Waals surface area contributed by atoms with Gasteiger partial charge < -0.3 is 8.83 Å². The summed E-state index contributed by atoms with van der Waals surface area (Å²) in [4.78, 5) is 20.2. The number of hydrogen-bond acceptors (Lipinski definition) is 6. The maximum absolute atomic E-state index is 6.52. The highest BCUT2D eigenvalue weighted by molar-refractivity contribution is 6.20. The van der Waals surface area contributed by atoms with E-state index in [1.807, 2.05) is 91.0 Å². The molecule has 0 atom stereocenters. The number of furan rings is 2. The average molecular weight is 693 g/mol. The van der Waals surface area contributed by atoms with Crippen LogP contribution in [0.15, 0.2) is 179 Å². The van der Waals surface area contributed by atoms with E-state index < -0.39 is 0 Å². The summed E-state index contributed by atoms with van der Waals surface area (Å²) in [6.45, 7) is 0. The van der Waals surface area contributed by atoms with Crippen molar-refractivity contribution in [3.05, 3.63) is 170 Å². The van der Waals surface area contributed by atoms with Crippen molar-refractivity contribution in [1.29, 1.82) is 0 Å². The van der Waals surface area contributed by atoms with Crippen LogP contribution in [0.1, 0.15) is 0 Å². The van der Waals surface area contributed by atoms with Crippen LogP contribution in [0.25, 0.3) is 111 Å². The maximum atomic E-state index is 6.52. The molecule has 11 rings (SSSR count). The van der Waals surface area contributed by atoms with Gasteiger partial charge in [0.2, 0.25) is 0 Å². The van der Waals surface area contributed by atoms with Gasteiger partial charge in [-0.25, -0.2) is 19.9 Å². The van der Waals surface area contributed by atoms with E-state index in [1.165, 1.54) is 0 Å². The maximum Gasteiger partial charge on any atom is 0.164 e. The van der Waals surface area contributed by atoms with Crippen molar-refractivity contribution in [3.63, 3.8) is 0 Å². The van der Waals surface area contributed by atoms with Crippen LogP contribution in [-0.4, -0.2) is 19.9 Å². The molecule has 0 amide bonds. The van der Waals surface area contributed by atoms with Gasteiger partial charge in [-0.1, -0.05) is 146 Å². The summed E-state index contributed by atoms with van der Waals surface area (Å²) in [5.41, 5.74) is 10.7. The summed E-state index contributed by atoms with van der Waals surface area (Å²) in [6, 6.07) is 57.4. The van der Waals surface area contributed by atoms with Gasteiger partial charge in [-0.05, 0) is 29.8 Å². The lowest BCUT2D eigenvalue weighted by Gasteiger charge is -2.11.